The largest absolute Gasteiger partial charge is 0.319 e. The molecule has 1 amide bonds. The summed E-state index contributed by atoms with van der Waals surface area (Å²) in [5.41, 5.74) is -0.0746. The highest BCUT2D eigenvalue weighted by Gasteiger charge is 2.16. The van der Waals surface area contributed by atoms with Crippen molar-refractivity contribution in [2.45, 2.75) is 0 Å². The number of anilines is 1. The predicted octanol–water partition coefficient (Wildman–Crippen LogP) is 4.35. The Labute approximate surface area is 141 Å². The minimum absolute atomic E-state index is 0.00510. The van der Waals surface area contributed by atoms with Crippen molar-refractivity contribution in [1.82, 2.24) is 0 Å². The summed E-state index contributed by atoms with van der Waals surface area (Å²) in [5, 5.41) is 13.1. The maximum atomic E-state index is 13.7. The van der Waals surface area contributed by atoms with Crippen molar-refractivity contribution >= 4 is 55.8 Å². The number of halogens is 3. The molecular formula is C13H7BrFIN2O3. The third-order valence-electron chi connectivity index (χ3n) is 2.58. The normalized spacial score (nSPS) is 10.2. The standard InChI is InChI=1S/C13H7BrFIN2O3/c14-7-1-4-12(10(15)5-7)17-13(19)9-6-8(18(20)21)2-3-11(9)16/h1-6H,(H,17,19). The van der Waals surface area contributed by atoms with Gasteiger partial charge in [0.2, 0.25) is 0 Å². The zero-order chi connectivity index (χ0) is 15.6. The van der Waals surface area contributed by atoms with Gasteiger partial charge in [0, 0.05) is 20.2 Å². The number of non-ortho nitro benzene ring substituents is 1. The van der Waals surface area contributed by atoms with E-state index in [1.54, 1.807) is 6.07 Å². The smallest absolute Gasteiger partial charge is 0.270 e. The van der Waals surface area contributed by atoms with E-state index in [1.165, 1.54) is 24.3 Å². The monoisotopic (exact) mass is 464 g/mol. The van der Waals surface area contributed by atoms with Gasteiger partial charge >= 0.3 is 0 Å². The van der Waals surface area contributed by atoms with Crippen molar-refractivity contribution < 1.29 is 14.1 Å². The van der Waals surface area contributed by atoms with Gasteiger partial charge in [-0.25, -0.2) is 4.39 Å². The molecule has 1 N–H and O–H groups in total. The fraction of sp³-hybridized carbons (Fsp3) is 0. The van der Waals surface area contributed by atoms with E-state index in [2.05, 4.69) is 21.2 Å². The Bertz CT molecular complexity index is 739. The number of carbonyl (C=O) groups is 1. The summed E-state index contributed by atoms with van der Waals surface area (Å²) < 4.78 is 14.8. The van der Waals surface area contributed by atoms with Crippen LogP contribution in [0.25, 0.3) is 0 Å². The van der Waals surface area contributed by atoms with Crippen LogP contribution in [0, 0.1) is 19.5 Å². The van der Waals surface area contributed by atoms with Gasteiger partial charge in [-0.15, -0.1) is 0 Å². The molecule has 0 unspecified atom stereocenters. The molecule has 21 heavy (non-hydrogen) atoms. The molecule has 0 aliphatic heterocycles. The molecule has 0 fully saturated rings. The Morgan fingerprint density at radius 3 is 2.62 bits per heavy atom. The number of amides is 1. The van der Waals surface area contributed by atoms with E-state index >= 15 is 0 Å². The van der Waals surface area contributed by atoms with Gasteiger partial charge in [-0.1, -0.05) is 15.9 Å². The highest BCUT2D eigenvalue weighted by atomic mass is 127. The maximum Gasteiger partial charge on any atom is 0.270 e. The summed E-state index contributed by atoms with van der Waals surface area (Å²) in [7, 11) is 0. The number of hydrogen-bond acceptors (Lipinski definition) is 3. The molecule has 5 nitrogen and oxygen atoms in total. The highest BCUT2D eigenvalue weighted by molar-refractivity contribution is 14.1. The zero-order valence-electron chi connectivity index (χ0n) is 10.3. The van der Waals surface area contributed by atoms with E-state index in [4.69, 9.17) is 0 Å². The molecule has 0 aromatic heterocycles. The second kappa shape index (κ2) is 6.48. The van der Waals surface area contributed by atoms with Crippen LogP contribution < -0.4 is 5.32 Å². The maximum absolute atomic E-state index is 13.7. The second-order valence-electron chi connectivity index (χ2n) is 4.00. The summed E-state index contributed by atoms with van der Waals surface area (Å²) in [6, 6.07) is 8.13. The van der Waals surface area contributed by atoms with Crippen LogP contribution in [0.5, 0.6) is 0 Å². The van der Waals surface area contributed by atoms with Crippen LogP contribution in [0.1, 0.15) is 10.4 Å². The fourth-order valence-corrected chi connectivity index (χ4v) is 2.49. The summed E-state index contributed by atoms with van der Waals surface area (Å²) in [6.45, 7) is 0. The van der Waals surface area contributed by atoms with E-state index in [0.717, 1.165) is 6.07 Å². The van der Waals surface area contributed by atoms with Crippen molar-refractivity contribution in [3.8, 4) is 0 Å². The van der Waals surface area contributed by atoms with Gasteiger partial charge in [-0.2, -0.15) is 0 Å². The first-order valence-corrected chi connectivity index (χ1v) is 7.46. The molecule has 108 valence electrons. The number of carbonyl (C=O) groups excluding carboxylic acids is 1. The van der Waals surface area contributed by atoms with E-state index in [9.17, 15) is 19.3 Å². The SMILES string of the molecule is O=C(Nc1ccc(Br)cc1F)c1cc([N+](=O)[O-])ccc1I. The molecule has 2 aromatic carbocycles. The Morgan fingerprint density at radius 1 is 1.29 bits per heavy atom. The quantitative estimate of drug-likeness (QED) is 0.417. The van der Waals surface area contributed by atoms with Gasteiger partial charge < -0.3 is 5.32 Å². The van der Waals surface area contributed by atoms with Crippen LogP contribution in [0.15, 0.2) is 40.9 Å². The van der Waals surface area contributed by atoms with Gasteiger partial charge in [-0.3, -0.25) is 14.9 Å². The molecule has 0 saturated carbocycles. The molecule has 0 aliphatic rings. The fourth-order valence-electron chi connectivity index (χ4n) is 1.58. The molecule has 0 bridgehead atoms. The minimum atomic E-state index is -0.607. The van der Waals surface area contributed by atoms with Crippen molar-refractivity contribution in [1.29, 1.82) is 0 Å². The van der Waals surface area contributed by atoms with Crippen molar-refractivity contribution in [3.63, 3.8) is 0 Å². The number of rotatable bonds is 3. The van der Waals surface area contributed by atoms with Gasteiger partial charge in [0.15, 0.2) is 0 Å². The van der Waals surface area contributed by atoms with Gasteiger partial charge in [0.1, 0.15) is 5.82 Å². The number of benzene rings is 2. The average Bonchev–Trinajstić information content (AvgIpc) is 2.42. The Morgan fingerprint density at radius 2 is 2.00 bits per heavy atom. The lowest BCUT2D eigenvalue weighted by atomic mass is 10.2. The third-order valence-corrected chi connectivity index (χ3v) is 4.02. The number of nitro benzene ring substituents is 1. The molecule has 0 heterocycles. The molecule has 2 rings (SSSR count). The highest BCUT2D eigenvalue weighted by Crippen LogP contribution is 2.23. The van der Waals surface area contributed by atoms with Gasteiger partial charge in [0.25, 0.3) is 11.6 Å². The lowest BCUT2D eigenvalue weighted by Crippen LogP contribution is -2.14. The molecule has 8 heteroatoms. The van der Waals surface area contributed by atoms with Crippen LogP contribution in [0.2, 0.25) is 0 Å². The Hall–Kier alpha value is -1.55. The third kappa shape index (κ3) is 3.76. The predicted molar refractivity (Wildman–Crippen MR) is 87.9 cm³/mol. The van der Waals surface area contributed by atoms with Crippen LogP contribution in [0.3, 0.4) is 0 Å². The first-order chi connectivity index (χ1) is 9.88. The summed E-state index contributed by atoms with van der Waals surface area (Å²) in [4.78, 5) is 22.3. The molecule has 0 radical (unpaired) electrons. The first kappa shape index (κ1) is 15.8. The molecule has 0 spiro atoms. The number of nitrogens with zero attached hydrogens (tertiary/aromatic N) is 1. The van der Waals surface area contributed by atoms with Crippen molar-refractivity contribution in [2.24, 2.45) is 0 Å². The average molecular weight is 465 g/mol. The summed E-state index contributed by atoms with van der Waals surface area (Å²) in [6.07, 6.45) is 0. The van der Waals surface area contributed by atoms with Crippen molar-refractivity contribution in [3.05, 3.63) is 65.9 Å². The second-order valence-corrected chi connectivity index (χ2v) is 6.08. The van der Waals surface area contributed by atoms with Crippen LogP contribution in [-0.4, -0.2) is 10.8 Å². The lowest BCUT2D eigenvalue weighted by molar-refractivity contribution is -0.384. The molecule has 0 aliphatic carbocycles. The van der Waals surface area contributed by atoms with Crippen LogP contribution in [0.4, 0.5) is 15.8 Å². The Kier molecular flexibility index (Phi) is 4.88. The number of nitrogens with one attached hydrogen (secondary N) is 1. The van der Waals surface area contributed by atoms with Gasteiger partial charge in [-0.05, 0) is 46.9 Å². The van der Waals surface area contributed by atoms with E-state index in [1.807, 2.05) is 22.6 Å². The van der Waals surface area contributed by atoms with Crippen LogP contribution in [-0.2, 0) is 0 Å². The molecule has 0 saturated heterocycles. The molecular weight excluding hydrogens is 458 g/mol. The number of nitro groups is 1. The lowest BCUT2D eigenvalue weighted by Gasteiger charge is -2.08. The summed E-state index contributed by atoms with van der Waals surface area (Å²) in [5.74, 6) is -1.21. The topological polar surface area (TPSA) is 72.2 Å². The Balaban J connectivity index is 2.32. The van der Waals surface area contributed by atoms with Crippen molar-refractivity contribution in [2.75, 3.05) is 5.32 Å². The van der Waals surface area contributed by atoms with E-state index in [-0.39, 0.29) is 16.9 Å². The zero-order valence-corrected chi connectivity index (χ0v) is 14.0. The molecule has 0 atom stereocenters. The first-order valence-electron chi connectivity index (χ1n) is 5.59. The van der Waals surface area contributed by atoms with Crippen LogP contribution >= 0.6 is 38.5 Å². The number of hydrogen-bond donors (Lipinski definition) is 1. The summed E-state index contributed by atoms with van der Waals surface area (Å²) >= 11 is 5.00. The van der Waals surface area contributed by atoms with E-state index in [0.29, 0.717) is 8.04 Å². The molecule has 2 aromatic rings. The van der Waals surface area contributed by atoms with Gasteiger partial charge in [0.05, 0.1) is 16.2 Å². The van der Waals surface area contributed by atoms with E-state index < -0.39 is 16.6 Å². The minimum Gasteiger partial charge on any atom is -0.319 e.